The fourth-order valence-corrected chi connectivity index (χ4v) is 0. The Labute approximate surface area is 61.3 Å². The average Bonchev–Trinajstić information content (AvgIpc) is 0.722. The van der Waals surface area contributed by atoms with Crippen molar-refractivity contribution in [2.75, 3.05) is 0 Å². The van der Waals surface area contributed by atoms with E-state index in [0.29, 0.717) is 0 Å². The zero-order chi connectivity index (χ0) is 4.50. The van der Waals surface area contributed by atoms with Crippen molar-refractivity contribution in [3.63, 3.8) is 0 Å². The normalized spacial score (nSPS) is 17.8. The van der Waals surface area contributed by atoms with E-state index >= 15 is 0 Å². The van der Waals surface area contributed by atoms with Crippen LogP contribution in [-0.2, 0) is 4.57 Å². The number of hydrogen-bond donors (Lipinski definition) is 0. The van der Waals surface area contributed by atoms with Gasteiger partial charge in [-0.2, -0.15) is 4.20 Å². The molecule has 0 aromatic heterocycles. The molecule has 0 aromatic carbocycles. The molecule has 0 fully saturated rings. The average molecular weight is 140 g/mol. The van der Waals surface area contributed by atoms with Gasteiger partial charge in [-0.15, -0.1) is 0 Å². The molecule has 0 heterocycles. The van der Waals surface area contributed by atoms with Gasteiger partial charge in [0.1, 0.15) is 0 Å². The summed E-state index contributed by atoms with van der Waals surface area (Å²) in [6.45, 7) is 0. The van der Waals surface area contributed by atoms with E-state index in [1.54, 1.807) is 0 Å². The summed E-state index contributed by atoms with van der Waals surface area (Å²) in [5, 5.41) is 0. The molecule has 0 saturated carbocycles. The smallest absolute Gasteiger partial charge is 0.763 e. The van der Waals surface area contributed by atoms with Gasteiger partial charge in [0, 0.05) is 0 Å². The second kappa shape index (κ2) is 3.42. The van der Waals surface area contributed by atoms with Gasteiger partial charge in [-0.3, -0.25) is 4.57 Å². The Morgan fingerprint density at radius 3 is 1.83 bits per heavy atom. The molecule has 1 unspecified atom stereocenters. The predicted molar refractivity (Wildman–Crippen MR) is 14.6 cm³/mol. The van der Waals surface area contributed by atoms with Crippen LogP contribution in [-0.4, -0.2) is 0 Å². The Morgan fingerprint density at radius 2 is 1.83 bits per heavy atom. The molecule has 0 N–H and O–H groups in total. The second-order valence-electron chi connectivity index (χ2n) is 0.414. The fourth-order valence-electron chi connectivity index (χ4n) is 0. The van der Waals surface area contributed by atoms with E-state index in [9.17, 15) is 4.20 Å². The minimum atomic E-state index is -4.92. The summed E-state index contributed by atoms with van der Waals surface area (Å²) in [6, 6.07) is 0. The first-order valence-electron chi connectivity index (χ1n) is 0.703. The Balaban J connectivity index is 0. The molecule has 0 radical (unpaired) electrons. The zero-order valence-electron chi connectivity index (χ0n) is 3.02. The summed E-state index contributed by atoms with van der Waals surface area (Å²) in [4.78, 5) is 8.76. The van der Waals surface area contributed by atoms with Crippen LogP contribution in [0.15, 0.2) is 0 Å². The minimum Gasteiger partial charge on any atom is -0.763 e. The van der Waals surface area contributed by atoms with E-state index in [1.165, 1.54) is 0 Å². The molecule has 32 valence electrons. The third kappa shape index (κ3) is 52.9. The SMILES string of the molecule is O=P([O-])(F)Cl.[Na+]. The Bertz CT molecular complexity index is 59.7. The first-order chi connectivity index (χ1) is 2.00. The van der Waals surface area contributed by atoms with Crippen LogP contribution in [0.1, 0.15) is 0 Å². The van der Waals surface area contributed by atoms with Gasteiger partial charge < -0.3 is 4.89 Å². The van der Waals surface area contributed by atoms with Crippen LogP contribution >= 0.6 is 18.3 Å². The van der Waals surface area contributed by atoms with E-state index in [1.807, 2.05) is 0 Å². The Hall–Kier alpha value is 1.41. The standard InChI is InChI=1S/ClFHO2P.Na/c1-5(2,3)4;/h(H,3,4);/q;+1/p-1. The molecule has 6 heteroatoms. The van der Waals surface area contributed by atoms with E-state index in [4.69, 9.17) is 9.46 Å². The topological polar surface area (TPSA) is 40.1 Å². The first kappa shape index (κ1) is 10.4. The molecular formula is ClFNaO2P. The van der Waals surface area contributed by atoms with E-state index < -0.39 is 7.03 Å². The summed E-state index contributed by atoms with van der Waals surface area (Å²) in [6.07, 6.45) is 0. The third-order valence-corrected chi connectivity index (χ3v) is 0. The van der Waals surface area contributed by atoms with Crippen molar-refractivity contribution in [1.82, 2.24) is 0 Å². The maximum Gasteiger partial charge on any atom is 1.00 e. The molecular weight excluding hydrogens is 140 g/mol. The molecule has 0 aliphatic heterocycles. The largest absolute Gasteiger partial charge is 1.00 e. The van der Waals surface area contributed by atoms with Gasteiger partial charge in [0.25, 0.3) is 7.03 Å². The van der Waals surface area contributed by atoms with Gasteiger partial charge in [-0.1, -0.05) is 0 Å². The third-order valence-electron chi connectivity index (χ3n) is 0. The molecule has 0 spiro atoms. The van der Waals surface area contributed by atoms with Crippen molar-refractivity contribution < 1.29 is 43.2 Å². The molecule has 6 heavy (non-hydrogen) atoms. The van der Waals surface area contributed by atoms with Crippen LogP contribution in [0.4, 0.5) is 4.20 Å². The molecule has 2 nitrogen and oxygen atoms in total. The van der Waals surface area contributed by atoms with Crippen LogP contribution in [0.3, 0.4) is 0 Å². The van der Waals surface area contributed by atoms with Crippen LogP contribution in [0.5, 0.6) is 0 Å². The summed E-state index contributed by atoms with van der Waals surface area (Å²) in [5.41, 5.74) is 0. The van der Waals surface area contributed by atoms with Gasteiger partial charge in [0.05, 0.1) is 0 Å². The van der Waals surface area contributed by atoms with E-state index in [2.05, 4.69) is 11.2 Å². The molecule has 0 rings (SSSR count). The van der Waals surface area contributed by atoms with Crippen molar-refractivity contribution in [1.29, 1.82) is 0 Å². The zero-order valence-corrected chi connectivity index (χ0v) is 6.67. The number of rotatable bonds is 0. The molecule has 0 saturated heterocycles. The molecule has 0 bridgehead atoms. The molecule has 0 amide bonds. The summed E-state index contributed by atoms with van der Waals surface area (Å²) in [5.74, 6) is 0. The molecule has 0 aliphatic rings. The maximum atomic E-state index is 10.5. The minimum absolute atomic E-state index is 0. The Morgan fingerprint density at radius 1 is 1.83 bits per heavy atom. The second-order valence-corrected chi connectivity index (χ2v) is 2.45. The quantitative estimate of drug-likeness (QED) is 0.280. The van der Waals surface area contributed by atoms with Crippen molar-refractivity contribution in [3.8, 4) is 0 Å². The van der Waals surface area contributed by atoms with Crippen molar-refractivity contribution >= 4 is 18.3 Å². The summed E-state index contributed by atoms with van der Waals surface area (Å²) < 4.78 is 19.2. The van der Waals surface area contributed by atoms with Crippen LogP contribution in [0.25, 0.3) is 0 Å². The van der Waals surface area contributed by atoms with Gasteiger partial charge in [-0.25, -0.2) is 0 Å². The summed E-state index contributed by atoms with van der Waals surface area (Å²) in [7, 11) is -4.92. The van der Waals surface area contributed by atoms with Gasteiger partial charge in [0.15, 0.2) is 0 Å². The number of hydrogen-bond acceptors (Lipinski definition) is 2. The molecule has 0 aliphatic carbocycles. The van der Waals surface area contributed by atoms with Gasteiger partial charge >= 0.3 is 29.6 Å². The monoisotopic (exact) mass is 140 g/mol. The summed E-state index contributed by atoms with van der Waals surface area (Å²) >= 11 is 3.86. The van der Waals surface area contributed by atoms with Crippen LogP contribution in [0, 0.1) is 0 Å². The molecule has 0 aromatic rings. The van der Waals surface area contributed by atoms with Gasteiger partial charge in [-0.05, 0) is 11.2 Å². The van der Waals surface area contributed by atoms with E-state index in [0.717, 1.165) is 0 Å². The van der Waals surface area contributed by atoms with Crippen molar-refractivity contribution in [3.05, 3.63) is 0 Å². The fraction of sp³-hybridized carbons (Fsp3) is 0. The van der Waals surface area contributed by atoms with Crippen LogP contribution < -0.4 is 34.5 Å². The van der Waals surface area contributed by atoms with Crippen LogP contribution in [0.2, 0.25) is 0 Å². The molecule has 1 atom stereocenters. The van der Waals surface area contributed by atoms with E-state index in [-0.39, 0.29) is 29.6 Å². The first-order valence-corrected chi connectivity index (χ1v) is 3.12. The number of halogens is 2. The van der Waals surface area contributed by atoms with Crippen molar-refractivity contribution in [2.45, 2.75) is 0 Å². The Kier molecular flexibility index (Phi) is 5.92. The van der Waals surface area contributed by atoms with Crippen molar-refractivity contribution in [2.24, 2.45) is 0 Å². The maximum absolute atomic E-state index is 10.5. The van der Waals surface area contributed by atoms with Gasteiger partial charge in [0.2, 0.25) is 0 Å². The predicted octanol–water partition coefficient (Wildman–Crippen LogP) is -2.33.